The minimum absolute atomic E-state index is 0.163. The number of nitrogens with zero attached hydrogens (tertiary/aromatic N) is 3. The Morgan fingerprint density at radius 1 is 1.26 bits per heavy atom. The molecular formula is C17H19N5O4S. The fourth-order valence-corrected chi connectivity index (χ4v) is 5.17. The highest BCUT2D eigenvalue weighted by atomic mass is 32.2. The van der Waals surface area contributed by atoms with Crippen molar-refractivity contribution in [2.24, 2.45) is 0 Å². The van der Waals surface area contributed by atoms with Gasteiger partial charge in [0.2, 0.25) is 16.0 Å². The van der Waals surface area contributed by atoms with E-state index >= 15 is 0 Å². The molecule has 10 heteroatoms. The van der Waals surface area contributed by atoms with Crippen LogP contribution in [-0.4, -0.2) is 60.9 Å². The van der Waals surface area contributed by atoms with Crippen molar-refractivity contribution in [3.8, 4) is 5.75 Å². The van der Waals surface area contributed by atoms with Crippen LogP contribution in [0.2, 0.25) is 0 Å². The van der Waals surface area contributed by atoms with Gasteiger partial charge in [0, 0.05) is 32.0 Å². The second-order valence-electron chi connectivity index (χ2n) is 6.44. The minimum atomic E-state index is -3.67. The Kier molecular flexibility index (Phi) is 4.44. The molecule has 0 bridgehead atoms. The van der Waals surface area contributed by atoms with Crippen molar-refractivity contribution >= 4 is 21.9 Å². The van der Waals surface area contributed by atoms with E-state index in [1.807, 2.05) is 0 Å². The molecule has 9 nitrogen and oxygen atoms in total. The minimum Gasteiger partial charge on any atom is -0.490 e. The highest BCUT2D eigenvalue weighted by Gasteiger charge is 2.44. The van der Waals surface area contributed by atoms with Gasteiger partial charge in [0.05, 0.1) is 11.6 Å². The largest absolute Gasteiger partial charge is 0.490 e. The summed E-state index contributed by atoms with van der Waals surface area (Å²) >= 11 is 0. The number of amides is 1. The summed E-state index contributed by atoms with van der Waals surface area (Å²) in [5.74, 6) is 0.455. The average Bonchev–Trinajstić information content (AvgIpc) is 3.06. The number of aromatic nitrogens is 2. The van der Waals surface area contributed by atoms with Crippen molar-refractivity contribution in [2.45, 2.75) is 23.4 Å². The molecule has 1 aromatic carbocycles. The Labute approximate surface area is 156 Å². The van der Waals surface area contributed by atoms with Gasteiger partial charge in [-0.25, -0.2) is 18.4 Å². The first-order chi connectivity index (χ1) is 13.0. The molecule has 0 unspecified atom stereocenters. The van der Waals surface area contributed by atoms with E-state index in [9.17, 15) is 13.2 Å². The Morgan fingerprint density at radius 3 is 2.74 bits per heavy atom. The van der Waals surface area contributed by atoms with Crippen LogP contribution in [0.5, 0.6) is 5.75 Å². The standard InChI is InChI=1S/C17H19N5O4S/c1-18-17-19-7-11(8-20-17)16(23)21-12-6-13-10-26-14-4-2-3-5-15(14)27(24,25)22(13)9-12/h2-5,7-8,12-13H,6,9-10H2,1H3,(H,21,23)(H,18,19,20)/t12-,13-/m0/s1. The molecule has 1 amide bonds. The molecule has 0 saturated carbocycles. The number of benzene rings is 1. The summed E-state index contributed by atoms with van der Waals surface area (Å²) in [6, 6.07) is 5.98. The summed E-state index contributed by atoms with van der Waals surface area (Å²) in [6.07, 6.45) is 3.34. The van der Waals surface area contributed by atoms with Crippen molar-refractivity contribution in [3.63, 3.8) is 0 Å². The molecule has 142 valence electrons. The number of carbonyl (C=O) groups excluding carboxylic acids is 1. The van der Waals surface area contributed by atoms with Gasteiger partial charge in [-0.1, -0.05) is 12.1 Å². The van der Waals surface area contributed by atoms with E-state index in [0.29, 0.717) is 23.7 Å². The number of fused-ring (bicyclic) bond motifs is 2. The molecule has 0 spiro atoms. The Hall–Kier alpha value is -2.72. The van der Waals surface area contributed by atoms with Crippen molar-refractivity contribution in [1.29, 1.82) is 0 Å². The van der Waals surface area contributed by atoms with Gasteiger partial charge in [-0.05, 0) is 18.6 Å². The zero-order chi connectivity index (χ0) is 19.0. The summed E-state index contributed by atoms with van der Waals surface area (Å²) in [5, 5.41) is 5.65. The molecule has 0 aliphatic carbocycles. The van der Waals surface area contributed by atoms with Gasteiger partial charge >= 0.3 is 0 Å². The Balaban J connectivity index is 1.50. The fraction of sp³-hybridized carbons (Fsp3) is 0.353. The van der Waals surface area contributed by atoms with Gasteiger partial charge in [0.1, 0.15) is 17.3 Å². The lowest BCUT2D eigenvalue weighted by Gasteiger charge is -2.19. The van der Waals surface area contributed by atoms with Crippen LogP contribution < -0.4 is 15.4 Å². The van der Waals surface area contributed by atoms with E-state index in [2.05, 4.69) is 20.6 Å². The first-order valence-corrected chi connectivity index (χ1v) is 9.97. The second kappa shape index (κ2) is 6.78. The number of carbonyl (C=O) groups is 1. The van der Waals surface area contributed by atoms with Gasteiger partial charge < -0.3 is 15.4 Å². The quantitative estimate of drug-likeness (QED) is 0.784. The number of anilines is 1. The van der Waals surface area contributed by atoms with Crippen molar-refractivity contribution < 1.29 is 17.9 Å². The molecule has 2 aromatic rings. The van der Waals surface area contributed by atoms with E-state index in [0.717, 1.165) is 0 Å². The monoisotopic (exact) mass is 389 g/mol. The fourth-order valence-electron chi connectivity index (χ4n) is 3.37. The van der Waals surface area contributed by atoms with Crippen LogP contribution in [0, 0.1) is 0 Å². The summed E-state index contributed by atoms with van der Waals surface area (Å²) in [7, 11) is -1.99. The molecule has 1 saturated heterocycles. The molecule has 2 N–H and O–H groups in total. The maximum Gasteiger partial charge on any atom is 0.254 e. The van der Waals surface area contributed by atoms with Gasteiger partial charge in [-0.3, -0.25) is 4.79 Å². The normalized spacial score (nSPS) is 23.4. The first kappa shape index (κ1) is 17.7. The molecule has 4 rings (SSSR count). The lowest BCUT2D eigenvalue weighted by Crippen LogP contribution is -2.39. The Morgan fingerprint density at radius 2 is 2.00 bits per heavy atom. The van der Waals surface area contributed by atoms with Crippen LogP contribution in [0.4, 0.5) is 5.95 Å². The van der Waals surface area contributed by atoms with E-state index in [1.165, 1.54) is 16.7 Å². The van der Waals surface area contributed by atoms with Crippen LogP contribution in [0.3, 0.4) is 0 Å². The molecule has 3 heterocycles. The highest BCUT2D eigenvalue weighted by Crippen LogP contribution is 2.35. The average molecular weight is 389 g/mol. The highest BCUT2D eigenvalue weighted by molar-refractivity contribution is 7.89. The predicted octanol–water partition coefficient (Wildman–Crippen LogP) is 0.472. The smallest absolute Gasteiger partial charge is 0.254 e. The number of hydrogen-bond donors (Lipinski definition) is 2. The van der Waals surface area contributed by atoms with E-state index in [4.69, 9.17) is 4.74 Å². The number of para-hydroxylation sites is 1. The zero-order valence-electron chi connectivity index (χ0n) is 14.6. The van der Waals surface area contributed by atoms with Gasteiger partial charge in [-0.2, -0.15) is 4.31 Å². The van der Waals surface area contributed by atoms with Gasteiger partial charge in [-0.15, -0.1) is 0 Å². The summed E-state index contributed by atoms with van der Waals surface area (Å²) in [4.78, 5) is 20.6. The number of hydrogen-bond acceptors (Lipinski definition) is 7. The third-order valence-electron chi connectivity index (χ3n) is 4.70. The summed E-state index contributed by atoms with van der Waals surface area (Å²) in [5.41, 5.74) is 0.320. The first-order valence-electron chi connectivity index (χ1n) is 8.53. The summed E-state index contributed by atoms with van der Waals surface area (Å²) in [6.45, 7) is 0.453. The van der Waals surface area contributed by atoms with E-state index in [-0.39, 0.29) is 36.0 Å². The zero-order valence-corrected chi connectivity index (χ0v) is 15.4. The topological polar surface area (TPSA) is 114 Å². The van der Waals surface area contributed by atoms with Gasteiger partial charge in [0.15, 0.2) is 0 Å². The maximum absolute atomic E-state index is 13.0. The third-order valence-corrected chi connectivity index (χ3v) is 6.66. The number of sulfonamides is 1. The molecule has 1 aromatic heterocycles. The van der Waals surface area contributed by atoms with E-state index < -0.39 is 10.0 Å². The predicted molar refractivity (Wildman–Crippen MR) is 97.1 cm³/mol. The summed E-state index contributed by atoms with van der Waals surface area (Å²) < 4.78 is 33.1. The molecule has 27 heavy (non-hydrogen) atoms. The second-order valence-corrected chi connectivity index (χ2v) is 8.30. The van der Waals surface area contributed by atoms with Crippen molar-refractivity contribution in [1.82, 2.24) is 19.6 Å². The maximum atomic E-state index is 13.0. The molecule has 2 atom stereocenters. The van der Waals surface area contributed by atoms with E-state index in [1.54, 1.807) is 31.3 Å². The lowest BCUT2D eigenvalue weighted by molar-refractivity contribution is 0.0938. The van der Waals surface area contributed by atoms with Gasteiger partial charge in [0.25, 0.3) is 5.91 Å². The number of ether oxygens (including phenoxy) is 1. The lowest BCUT2D eigenvalue weighted by atomic mass is 10.1. The van der Waals surface area contributed by atoms with Crippen molar-refractivity contribution in [3.05, 3.63) is 42.2 Å². The van der Waals surface area contributed by atoms with Crippen LogP contribution in [0.25, 0.3) is 0 Å². The van der Waals surface area contributed by atoms with Crippen LogP contribution in [-0.2, 0) is 10.0 Å². The molecule has 0 radical (unpaired) electrons. The van der Waals surface area contributed by atoms with Crippen LogP contribution >= 0.6 is 0 Å². The number of nitrogens with one attached hydrogen (secondary N) is 2. The van der Waals surface area contributed by atoms with Crippen LogP contribution in [0.1, 0.15) is 16.8 Å². The molecular weight excluding hydrogens is 370 g/mol. The SMILES string of the molecule is CNc1ncc(C(=O)N[C@H]2C[C@H]3COc4ccccc4S(=O)(=O)N3C2)cn1. The number of rotatable bonds is 3. The van der Waals surface area contributed by atoms with Crippen molar-refractivity contribution in [2.75, 3.05) is 25.5 Å². The molecule has 1 fully saturated rings. The third kappa shape index (κ3) is 3.21. The molecule has 2 aliphatic heterocycles. The Bertz CT molecular complexity index is 964. The van der Waals surface area contributed by atoms with Crippen LogP contribution in [0.15, 0.2) is 41.6 Å². The molecule has 2 aliphatic rings.